The molecule has 186 valence electrons. The van der Waals surface area contributed by atoms with Crippen molar-refractivity contribution in [3.8, 4) is 11.5 Å². The zero-order valence-corrected chi connectivity index (χ0v) is 20.9. The van der Waals surface area contributed by atoms with E-state index in [1.807, 2.05) is 28.0 Å². The first-order valence-corrected chi connectivity index (χ1v) is 13.2. The third kappa shape index (κ3) is 5.59. The molecule has 2 amide bonds. The van der Waals surface area contributed by atoms with Gasteiger partial charge in [0, 0.05) is 12.6 Å². The number of methoxy groups -OCH3 is 1. The van der Waals surface area contributed by atoms with Gasteiger partial charge in [-0.15, -0.1) is 0 Å². The molecule has 0 unspecified atom stereocenters. The van der Waals surface area contributed by atoms with Gasteiger partial charge in [-0.1, -0.05) is 43.9 Å². The van der Waals surface area contributed by atoms with Crippen molar-refractivity contribution < 1.29 is 19.1 Å². The van der Waals surface area contributed by atoms with Crippen LogP contribution in [0, 0.1) is 0 Å². The second kappa shape index (κ2) is 11.8. The molecule has 2 aliphatic carbocycles. The Balaban J connectivity index is 1.62. The molecule has 6 nitrogen and oxygen atoms in total. The predicted molar refractivity (Wildman–Crippen MR) is 133 cm³/mol. The molecule has 1 aliphatic heterocycles. The maximum Gasteiger partial charge on any atom is 0.250 e. The van der Waals surface area contributed by atoms with Gasteiger partial charge >= 0.3 is 0 Å². The molecule has 1 atom stereocenters. The lowest BCUT2D eigenvalue weighted by molar-refractivity contribution is -0.159. The van der Waals surface area contributed by atoms with Crippen LogP contribution in [0.15, 0.2) is 29.8 Å². The lowest BCUT2D eigenvalue weighted by Gasteiger charge is -2.44. The fraction of sp³-hybridized carbons (Fsp3) is 0.643. The van der Waals surface area contributed by atoms with Gasteiger partial charge in [0.2, 0.25) is 5.91 Å². The molecule has 0 bridgehead atoms. The van der Waals surface area contributed by atoms with Crippen LogP contribution >= 0.6 is 0 Å². The Kier molecular flexibility index (Phi) is 8.52. The number of carbonyl (C=O) groups excluding carboxylic acids is 2. The molecule has 3 aliphatic rings. The summed E-state index contributed by atoms with van der Waals surface area (Å²) >= 11 is 0. The monoisotopic (exact) mass is 468 g/mol. The van der Waals surface area contributed by atoms with Crippen molar-refractivity contribution in [1.82, 2.24) is 9.80 Å². The molecule has 0 aromatic heterocycles. The average molecular weight is 469 g/mol. The Morgan fingerprint density at radius 2 is 1.85 bits per heavy atom. The standard InChI is InChI=1S/C28H40N2O4/c1-3-18-34-24-15-14-22(19-25(24)33-2)27-28(32)30(23-12-8-5-9-13-23)20-26(31)29(27)17-16-21-10-6-4-7-11-21/h10,14-15,19,23,27H,3-9,11-13,16-18,20H2,1-2H3/t27-/m0/s1. The number of amides is 2. The van der Waals surface area contributed by atoms with Crippen LogP contribution < -0.4 is 9.47 Å². The van der Waals surface area contributed by atoms with Crippen molar-refractivity contribution >= 4 is 11.8 Å². The predicted octanol–water partition coefficient (Wildman–Crippen LogP) is 5.42. The van der Waals surface area contributed by atoms with Crippen LogP contribution in [0.1, 0.15) is 89.2 Å². The summed E-state index contributed by atoms with van der Waals surface area (Å²) < 4.78 is 11.4. The highest BCUT2D eigenvalue weighted by Gasteiger charge is 2.43. The number of hydrogen-bond donors (Lipinski definition) is 0. The summed E-state index contributed by atoms with van der Waals surface area (Å²) in [5, 5.41) is 0. The number of allylic oxidation sites excluding steroid dienone is 1. The first-order valence-electron chi connectivity index (χ1n) is 13.2. The van der Waals surface area contributed by atoms with Crippen LogP contribution in [0.5, 0.6) is 11.5 Å². The summed E-state index contributed by atoms with van der Waals surface area (Å²) in [6.07, 6.45) is 14.2. The minimum atomic E-state index is -0.610. The van der Waals surface area contributed by atoms with Gasteiger partial charge in [-0.2, -0.15) is 0 Å². The molecule has 2 fully saturated rings. The van der Waals surface area contributed by atoms with E-state index in [4.69, 9.17) is 9.47 Å². The Bertz CT molecular complexity index is 890. The zero-order valence-electron chi connectivity index (χ0n) is 20.9. The van der Waals surface area contributed by atoms with Gasteiger partial charge in [0.05, 0.1) is 13.7 Å². The first kappa shape index (κ1) is 24.6. The van der Waals surface area contributed by atoms with Gasteiger partial charge in [0.25, 0.3) is 5.91 Å². The topological polar surface area (TPSA) is 59.1 Å². The maximum atomic E-state index is 13.9. The molecule has 0 N–H and O–H groups in total. The molecular weight excluding hydrogens is 428 g/mol. The molecule has 6 heteroatoms. The smallest absolute Gasteiger partial charge is 0.250 e. The molecule has 0 radical (unpaired) electrons. The number of ether oxygens (including phenoxy) is 2. The van der Waals surface area contributed by atoms with E-state index in [-0.39, 0.29) is 24.4 Å². The van der Waals surface area contributed by atoms with Crippen molar-refractivity contribution in [1.29, 1.82) is 0 Å². The summed E-state index contributed by atoms with van der Waals surface area (Å²) in [5.74, 6) is 1.38. The number of benzene rings is 1. The summed E-state index contributed by atoms with van der Waals surface area (Å²) in [6.45, 7) is 3.45. The van der Waals surface area contributed by atoms with E-state index in [1.54, 1.807) is 7.11 Å². The van der Waals surface area contributed by atoms with Gasteiger partial charge < -0.3 is 19.3 Å². The number of rotatable bonds is 9. The van der Waals surface area contributed by atoms with Crippen molar-refractivity contribution in [3.05, 3.63) is 35.4 Å². The second-order valence-electron chi connectivity index (χ2n) is 9.86. The molecule has 1 saturated heterocycles. The van der Waals surface area contributed by atoms with Crippen molar-refractivity contribution in [2.75, 3.05) is 26.8 Å². The summed E-state index contributed by atoms with van der Waals surface area (Å²) in [4.78, 5) is 31.1. The lowest BCUT2D eigenvalue weighted by atomic mass is 9.91. The normalized spacial score (nSPS) is 22.1. The van der Waals surface area contributed by atoms with Crippen molar-refractivity contribution in [2.24, 2.45) is 0 Å². The highest BCUT2D eigenvalue weighted by Crippen LogP contribution is 2.37. The SMILES string of the molecule is CCCOc1ccc([C@H]2C(=O)N(C3CCCCC3)CC(=O)N2CCC2=CCCCC2)cc1OC. The van der Waals surface area contributed by atoms with Crippen LogP contribution in [0.25, 0.3) is 0 Å². The van der Waals surface area contributed by atoms with E-state index in [0.29, 0.717) is 24.7 Å². The van der Waals surface area contributed by atoms with E-state index in [1.165, 1.54) is 24.8 Å². The van der Waals surface area contributed by atoms with Crippen molar-refractivity contribution in [2.45, 2.75) is 89.6 Å². The number of carbonyl (C=O) groups is 2. The molecular formula is C28H40N2O4. The lowest BCUT2D eigenvalue weighted by Crippen LogP contribution is -2.58. The summed E-state index contributed by atoms with van der Waals surface area (Å²) in [5.41, 5.74) is 2.22. The van der Waals surface area contributed by atoms with Crippen LogP contribution in [0.4, 0.5) is 0 Å². The van der Waals surface area contributed by atoms with E-state index < -0.39 is 6.04 Å². The van der Waals surface area contributed by atoms with Gasteiger partial charge in [-0.25, -0.2) is 0 Å². The van der Waals surface area contributed by atoms with Gasteiger partial charge in [0.1, 0.15) is 12.6 Å². The number of hydrogen-bond acceptors (Lipinski definition) is 4. The molecule has 0 spiro atoms. The van der Waals surface area contributed by atoms with E-state index in [2.05, 4.69) is 13.0 Å². The van der Waals surface area contributed by atoms with Crippen LogP contribution in [-0.4, -0.2) is 54.5 Å². The molecule has 1 heterocycles. The first-order chi connectivity index (χ1) is 16.6. The number of piperazine rings is 1. The van der Waals surface area contributed by atoms with E-state index >= 15 is 0 Å². The Labute approximate surface area is 204 Å². The molecule has 34 heavy (non-hydrogen) atoms. The highest BCUT2D eigenvalue weighted by atomic mass is 16.5. The number of nitrogens with zero attached hydrogens (tertiary/aromatic N) is 2. The minimum absolute atomic E-state index is 0.0494. The second-order valence-corrected chi connectivity index (χ2v) is 9.86. The largest absolute Gasteiger partial charge is 0.493 e. The third-order valence-electron chi connectivity index (χ3n) is 7.49. The van der Waals surface area contributed by atoms with E-state index in [9.17, 15) is 9.59 Å². The van der Waals surface area contributed by atoms with E-state index in [0.717, 1.165) is 56.9 Å². The quantitative estimate of drug-likeness (QED) is 0.454. The van der Waals surface area contributed by atoms with Gasteiger partial charge in [0.15, 0.2) is 11.5 Å². The van der Waals surface area contributed by atoms with Crippen LogP contribution in [0.2, 0.25) is 0 Å². The summed E-state index contributed by atoms with van der Waals surface area (Å²) in [7, 11) is 1.62. The molecule has 1 aromatic rings. The molecule has 4 rings (SSSR count). The Morgan fingerprint density at radius 1 is 1.03 bits per heavy atom. The Hall–Kier alpha value is -2.50. The fourth-order valence-electron chi connectivity index (χ4n) is 5.61. The van der Waals surface area contributed by atoms with Crippen molar-refractivity contribution in [3.63, 3.8) is 0 Å². The van der Waals surface area contributed by atoms with Crippen LogP contribution in [0.3, 0.4) is 0 Å². The Morgan fingerprint density at radius 3 is 2.56 bits per heavy atom. The zero-order chi connectivity index (χ0) is 23.9. The molecule has 1 saturated carbocycles. The van der Waals surface area contributed by atoms with Gasteiger partial charge in [-0.05, 0) is 69.1 Å². The maximum absolute atomic E-state index is 13.9. The summed E-state index contributed by atoms with van der Waals surface area (Å²) in [6, 6.07) is 5.26. The molecule has 1 aromatic carbocycles. The fourth-order valence-corrected chi connectivity index (χ4v) is 5.61. The average Bonchev–Trinajstić information content (AvgIpc) is 2.88. The highest BCUT2D eigenvalue weighted by molar-refractivity contribution is 5.96. The van der Waals surface area contributed by atoms with Crippen LogP contribution in [-0.2, 0) is 9.59 Å². The minimum Gasteiger partial charge on any atom is -0.493 e. The van der Waals surface area contributed by atoms with Gasteiger partial charge in [-0.3, -0.25) is 9.59 Å². The third-order valence-corrected chi connectivity index (χ3v) is 7.49.